The number of benzene rings is 1. The summed E-state index contributed by atoms with van der Waals surface area (Å²) in [7, 11) is 0. The second kappa shape index (κ2) is 4.42. The molecule has 6 nitrogen and oxygen atoms in total. The molecule has 2 aromatic rings. The summed E-state index contributed by atoms with van der Waals surface area (Å²) in [5.41, 5.74) is 1.98. The van der Waals surface area contributed by atoms with E-state index in [1.807, 2.05) is 0 Å². The van der Waals surface area contributed by atoms with Gasteiger partial charge in [-0.1, -0.05) is 6.07 Å². The molecule has 0 fully saturated rings. The number of aromatic amines is 2. The van der Waals surface area contributed by atoms with Crippen molar-refractivity contribution in [1.29, 1.82) is 0 Å². The van der Waals surface area contributed by atoms with Crippen LogP contribution >= 0.6 is 0 Å². The summed E-state index contributed by atoms with van der Waals surface area (Å²) in [6.07, 6.45) is -0.762. The fraction of sp³-hybridized carbons (Fsp3) is 0.273. The minimum Gasteiger partial charge on any atom is -0.479 e. The van der Waals surface area contributed by atoms with E-state index in [1.165, 1.54) is 0 Å². The number of aliphatic carboxylic acids is 1. The first-order valence-corrected chi connectivity index (χ1v) is 5.18. The smallest absolute Gasteiger partial charge is 0.332 e. The van der Waals surface area contributed by atoms with Crippen molar-refractivity contribution in [3.8, 4) is 0 Å². The van der Waals surface area contributed by atoms with Crippen LogP contribution in [0.4, 0.5) is 0 Å². The molecular formula is C11H12N2O4. The molecule has 0 radical (unpaired) electrons. The summed E-state index contributed by atoms with van der Waals surface area (Å²) in [5.74, 6) is -1.22. The van der Waals surface area contributed by atoms with Crippen LogP contribution in [-0.4, -0.2) is 32.3 Å². The van der Waals surface area contributed by atoms with E-state index in [1.54, 1.807) is 18.2 Å². The molecule has 17 heavy (non-hydrogen) atoms. The Labute approximate surface area is 95.9 Å². The van der Waals surface area contributed by atoms with Gasteiger partial charge in [0.1, 0.15) is 0 Å². The van der Waals surface area contributed by atoms with Gasteiger partial charge in [-0.2, -0.15) is 0 Å². The number of hydrogen-bond donors (Lipinski definition) is 4. The monoisotopic (exact) mass is 236 g/mol. The Hall–Kier alpha value is -2.08. The SMILES string of the molecule is O=C(O)C(O)CCc1ccc2[nH]c(=O)[nH]c2c1. The highest BCUT2D eigenvalue weighted by Crippen LogP contribution is 2.12. The molecule has 6 heteroatoms. The van der Waals surface area contributed by atoms with Gasteiger partial charge >= 0.3 is 11.7 Å². The average Bonchev–Trinajstić information content (AvgIpc) is 2.64. The number of aryl methyl sites for hydroxylation is 1. The van der Waals surface area contributed by atoms with Gasteiger partial charge in [0.2, 0.25) is 0 Å². The lowest BCUT2D eigenvalue weighted by molar-refractivity contribution is -0.146. The van der Waals surface area contributed by atoms with Crippen molar-refractivity contribution >= 4 is 17.0 Å². The molecule has 1 aromatic heterocycles. The number of hydrogen-bond acceptors (Lipinski definition) is 3. The predicted octanol–water partition coefficient (Wildman–Crippen LogP) is 0.234. The van der Waals surface area contributed by atoms with Crippen molar-refractivity contribution in [1.82, 2.24) is 9.97 Å². The molecular weight excluding hydrogens is 224 g/mol. The van der Waals surface area contributed by atoms with E-state index in [9.17, 15) is 9.59 Å². The molecule has 4 N–H and O–H groups in total. The van der Waals surface area contributed by atoms with E-state index in [4.69, 9.17) is 10.2 Å². The van der Waals surface area contributed by atoms with E-state index >= 15 is 0 Å². The molecule has 0 spiro atoms. The Morgan fingerprint density at radius 3 is 2.71 bits per heavy atom. The maximum absolute atomic E-state index is 11.0. The number of carboxylic acid groups (broad SMARTS) is 1. The molecule has 1 heterocycles. The van der Waals surface area contributed by atoms with Crippen molar-refractivity contribution in [2.45, 2.75) is 18.9 Å². The van der Waals surface area contributed by atoms with Crippen LogP contribution in [-0.2, 0) is 11.2 Å². The van der Waals surface area contributed by atoms with E-state index in [0.29, 0.717) is 17.5 Å². The molecule has 0 saturated heterocycles. The van der Waals surface area contributed by atoms with Crippen LogP contribution in [0.2, 0.25) is 0 Å². The van der Waals surface area contributed by atoms with Gasteiger partial charge in [-0.15, -0.1) is 0 Å². The Balaban J connectivity index is 2.14. The van der Waals surface area contributed by atoms with Crippen LogP contribution in [0.25, 0.3) is 11.0 Å². The fourth-order valence-corrected chi connectivity index (χ4v) is 1.66. The molecule has 1 aromatic carbocycles. The Bertz CT molecular complexity index is 599. The molecule has 2 rings (SSSR count). The van der Waals surface area contributed by atoms with Gasteiger partial charge in [-0.25, -0.2) is 9.59 Å². The van der Waals surface area contributed by atoms with Crippen LogP contribution in [0.15, 0.2) is 23.0 Å². The highest BCUT2D eigenvalue weighted by Gasteiger charge is 2.12. The minimum absolute atomic E-state index is 0.148. The lowest BCUT2D eigenvalue weighted by Gasteiger charge is -2.05. The van der Waals surface area contributed by atoms with Crippen LogP contribution in [0, 0.1) is 0 Å². The number of aromatic nitrogens is 2. The quantitative estimate of drug-likeness (QED) is 0.609. The minimum atomic E-state index is -1.35. The molecule has 0 aliphatic heterocycles. The summed E-state index contributed by atoms with van der Waals surface area (Å²) in [5, 5.41) is 17.7. The number of H-pyrrole nitrogens is 2. The van der Waals surface area contributed by atoms with Crippen LogP contribution in [0.3, 0.4) is 0 Å². The molecule has 1 atom stereocenters. The van der Waals surface area contributed by atoms with Crippen molar-refractivity contribution in [2.24, 2.45) is 0 Å². The number of carbonyl (C=O) groups is 1. The Morgan fingerprint density at radius 1 is 1.29 bits per heavy atom. The van der Waals surface area contributed by atoms with E-state index in [-0.39, 0.29) is 12.1 Å². The largest absolute Gasteiger partial charge is 0.479 e. The first-order chi connectivity index (χ1) is 8.06. The zero-order chi connectivity index (χ0) is 12.4. The number of imidazole rings is 1. The number of nitrogens with one attached hydrogen (secondary N) is 2. The first kappa shape index (κ1) is 11.4. The van der Waals surface area contributed by atoms with Gasteiger partial charge in [0.15, 0.2) is 6.10 Å². The zero-order valence-corrected chi connectivity index (χ0v) is 8.93. The van der Waals surface area contributed by atoms with Crippen LogP contribution in [0.5, 0.6) is 0 Å². The van der Waals surface area contributed by atoms with Gasteiger partial charge in [0, 0.05) is 0 Å². The highest BCUT2D eigenvalue weighted by atomic mass is 16.4. The van der Waals surface area contributed by atoms with Crippen LogP contribution < -0.4 is 5.69 Å². The lowest BCUT2D eigenvalue weighted by Crippen LogP contribution is -2.19. The lowest BCUT2D eigenvalue weighted by atomic mass is 10.1. The Kier molecular flexibility index (Phi) is 2.97. The molecule has 90 valence electrons. The summed E-state index contributed by atoms with van der Waals surface area (Å²) in [6, 6.07) is 5.30. The van der Waals surface area contributed by atoms with Gasteiger partial charge in [0.05, 0.1) is 11.0 Å². The van der Waals surface area contributed by atoms with E-state index in [2.05, 4.69) is 9.97 Å². The number of fused-ring (bicyclic) bond motifs is 1. The Morgan fingerprint density at radius 2 is 2.00 bits per heavy atom. The van der Waals surface area contributed by atoms with Gasteiger partial charge in [-0.05, 0) is 30.5 Å². The van der Waals surface area contributed by atoms with Crippen molar-refractivity contribution < 1.29 is 15.0 Å². The van der Waals surface area contributed by atoms with Crippen molar-refractivity contribution in [2.75, 3.05) is 0 Å². The third-order valence-electron chi connectivity index (χ3n) is 2.57. The normalized spacial score (nSPS) is 12.8. The topological polar surface area (TPSA) is 106 Å². The maximum atomic E-state index is 11.0. The molecule has 0 aliphatic rings. The third-order valence-corrected chi connectivity index (χ3v) is 2.57. The number of aliphatic hydroxyl groups is 1. The van der Waals surface area contributed by atoms with Crippen LogP contribution in [0.1, 0.15) is 12.0 Å². The first-order valence-electron chi connectivity index (χ1n) is 5.18. The van der Waals surface area contributed by atoms with Crippen molar-refractivity contribution in [3.05, 3.63) is 34.2 Å². The molecule has 0 bridgehead atoms. The second-order valence-corrected chi connectivity index (χ2v) is 3.85. The maximum Gasteiger partial charge on any atom is 0.332 e. The van der Waals surface area contributed by atoms with E-state index < -0.39 is 12.1 Å². The molecule has 0 amide bonds. The zero-order valence-electron chi connectivity index (χ0n) is 8.93. The average molecular weight is 236 g/mol. The molecule has 0 aliphatic carbocycles. The fourth-order valence-electron chi connectivity index (χ4n) is 1.66. The molecule has 1 unspecified atom stereocenters. The van der Waals surface area contributed by atoms with Gasteiger partial charge < -0.3 is 20.2 Å². The highest BCUT2D eigenvalue weighted by molar-refractivity contribution is 5.75. The molecule has 0 saturated carbocycles. The summed E-state index contributed by atoms with van der Waals surface area (Å²) >= 11 is 0. The van der Waals surface area contributed by atoms with Gasteiger partial charge in [0.25, 0.3) is 0 Å². The number of aliphatic hydroxyl groups excluding tert-OH is 1. The second-order valence-electron chi connectivity index (χ2n) is 3.85. The summed E-state index contributed by atoms with van der Waals surface area (Å²) < 4.78 is 0. The predicted molar refractivity (Wildman–Crippen MR) is 60.9 cm³/mol. The number of carboxylic acids is 1. The number of rotatable bonds is 4. The summed E-state index contributed by atoms with van der Waals surface area (Å²) in [4.78, 5) is 26.7. The third kappa shape index (κ3) is 2.54. The van der Waals surface area contributed by atoms with Crippen molar-refractivity contribution in [3.63, 3.8) is 0 Å². The summed E-state index contributed by atoms with van der Waals surface area (Å²) in [6.45, 7) is 0. The van der Waals surface area contributed by atoms with Gasteiger partial charge in [-0.3, -0.25) is 0 Å². The van der Waals surface area contributed by atoms with E-state index in [0.717, 1.165) is 5.56 Å². The standard InChI is InChI=1S/C11H12N2O4/c14-9(10(15)16)4-2-6-1-3-7-8(5-6)13-11(17)12-7/h1,3,5,9,14H,2,4H2,(H,15,16)(H2,12,13,17).